The van der Waals surface area contributed by atoms with Crippen molar-refractivity contribution in [2.75, 3.05) is 19.6 Å². The monoisotopic (exact) mass is 666 g/mol. The Morgan fingerprint density at radius 1 is 1.13 bits per heavy atom. The molecule has 4 aliphatic heterocycles. The number of pyridine rings is 1. The molecule has 5 aliphatic rings. The third kappa shape index (κ3) is 5.18. The van der Waals surface area contributed by atoms with Gasteiger partial charge >= 0.3 is 0 Å². The molecular weight excluding hydrogens is 627 g/mol. The van der Waals surface area contributed by atoms with Crippen molar-refractivity contribution in [1.82, 2.24) is 25.0 Å². The lowest BCUT2D eigenvalue weighted by Gasteiger charge is -2.38. The Balaban J connectivity index is 1.28. The van der Waals surface area contributed by atoms with Gasteiger partial charge in [-0.05, 0) is 93.5 Å². The number of aryl methyl sites for hydroxylation is 1. The van der Waals surface area contributed by atoms with Crippen molar-refractivity contribution in [3.63, 3.8) is 0 Å². The molecule has 0 unspecified atom stereocenters. The summed E-state index contributed by atoms with van der Waals surface area (Å²) in [7, 11) is 0. The van der Waals surface area contributed by atoms with Gasteiger partial charge in [-0.1, -0.05) is 49.2 Å². The summed E-state index contributed by atoms with van der Waals surface area (Å²) in [5.74, 6) is 0.0484. The number of halogens is 2. The van der Waals surface area contributed by atoms with E-state index in [0.29, 0.717) is 28.0 Å². The average molecular weight is 668 g/mol. The summed E-state index contributed by atoms with van der Waals surface area (Å²) in [4.78, 5) is 45.3. The Hall–Kier alpha value is -2.59. The number of benzene rings is 1. The molecule has 0 bridgehead atoms. The summed E-state index contributed by atoms with van der Waals surface area (Å²) >= 11 is 14.1. The predicted molar refractivity (Wildman–Crippen MR) is 180 cm³/mol. The summed E-state index contributed by atoms with van der Waals surface area (Å²) in [5.41, 5.74) is 3.40. The first-order valence-electron chi connectivity index (χ1n) is 16.0. The molecular formula is C34H40Cl2N6O2S. The van der Waals surface area contributed by atoms with Crippen molar-refractivity contribution in [3.05, 3.63) is 74.0 Å². The van der Waals surface area contributed by atoms with Crippen molar-refractivity contribution in [2.45, 2.75) is 89.5 Å². The molecule has 2 amide bonds. The van der Waals surface area contributed by atoms with Gasteiger partial charge in [-0.15, -0.1) is 0 Å². The molecule has 3 fully saturated rings. The topological polar surface area (TPSA) is 81.1 Å². The fourth-order valence-electron chi connectivity index (χ4n) is 7.75. The van der Waals surface area contributed by atoms with Crippen LogP contribution in [0.2, 0.25) is 10.2 Å². The minimum absolute atomic E-state index is 0.0251. The van der Waals surface area contributed by atoms with Gasteiger partial charge in [-0.2, -0.15) is 0 Å². The van der Waals surface area contributed by atoms with E-state index in [4.69, 9.17) is 28.2 Å². The van der Waals surface area contributed by atoms with E-state index >= 15 is 0 Å². The number of thioether (sulfide) groups is 1. The standard InChI is InChI=1S/C34H40Cl2N6O2S/c1-19(2)27-28(31(44)41-21(4)6-10-25(41)30(43)40-15-14-38-34(18-40)12-13-34)45-32-39-33(5,22-7-11-26(36)37-17-22)29(42(27)32)24-9-8-23(35)16-20(24)3/h7-9,11,16-17,19,21,25,29,38H,6,10,12-15,18H2,1-5H3/t21-,25+,29-,33+/m1/s1. The van der Waals surface area contributed by atoms with Gasteiger partial charge in [0.05, 0.1) is 6.04 Å². The second-order valence-corrected chi connectivity index (χ2v) is 15.6. The molecule has 1 aromatic carbocycles. The van der Waals surface area contributed by atoms with Crippen LogP contribution in [0.4, 0.5) is 0 Å². The number of aliphatic imine (C=N–C) groups is 1. The van der Waals surface area contributed by atoms with Crippen LogP contribution in [0, 0.1) is 12.8 Å². The summed E-state index contributed by atoms with van der Waals surface area (Å²) < 4.78 is 0. The van der Waals surface area contributed by atoms with E-state index in [1.807, 2.05) is 28.0 Å². The zero-order valence-corrected chi connectivity index (χ0v) is 28.8. The first-order valence-corrected chi connectivity index (χ1v) is 17.6. The van der Waals surface area contributed by atoms with Crippen molar-refractivity contribution in [1.29, 1.82) is 0 Å². The molecule has 1 aliphatic carbocycles. The van der Waals surface area contributed by atoms with Crippen LogP contribution in [0.3, 0.4) is 0 Å². The van der Waals surface area contributed by atoms with Gasteiger partial charge < -0.3 is 20.0 Å². The molecule has 2 saturated heterocycles. The summed E-state index contributed by atoms with van der Waals surface area (Å²) in [6.45, 7) is 12.8. The maximum atomic E-state index is 14.7. The number of rotatable bonds is 5. The number of aromatic nitrogens is 1. The molecule has 1 aromatic heterocycles. The number of likely N-dealkylation sites (tertiary alicyclic amines) is 1. The van der Waals surface area contributed by atoms with Crippen LogP contribution in [-0.4, -0.2) is 73.9 Å². The fourth-order valence-corrected chi connectivity index (χ4v) is 9.44. The highest BCUT2D eigenvalue weighted by atomic mass is 35.5. The van der Waals surface area contributed by atoms with E-state index in [1.54, 1.807) is 12.3 Å². The molecule has 1 saturated carbocycles. The lowest BCUT2D eigenvalue weighted by atomic mass is 9.80. The second-order valence-electron chi connectivity index (χ2n) is 13.8. The van der Waals surface area contributed by atoms with Gasteiger partial charge in [-0.25, -0.2) is 9.98 Å². The number of piperazine rings is 1. The Morgan fingerprint density at radius 3 is 2.58 bits per heavy atom. The van der Waals surface area contributed by atoms with Gasteiger partial charge in [0.15, 0.2) is 5.17 Å². The lowest BCUT2D eigenvalue weighted by Crippen LogP contribution is -2.58. The number of amides is 2. The van der Waals surface area contributed by atoms with Gasteiger partial charge in [-0.3, -0.25) is 9.59 Å². The average Bonchev–Trinajstić information content (AvgIpc) is 3.32. The summed E-state index contributed by atoms with van der Waals surface area (Å²) in [6.07, 6.45) is 5.52. The minimum Gasteiger partial charge on any atom is -0.338 e. The van der Waals surface area contributed by atoms with Crippen LogP contribution in [0.15, 0.2) is 52.1 Å². The Labute approximate surface area is 279 Å². The summed E-state index contributed by atoms with van der Waals surface area (Å²) in [5, 5.41) is 5.48. The first-order chi connectivity index (χ1) is 21.4. The van der Waals surface area contributed by atoms with Crippen LogP contribution in [-0.2, 0) is 15.1 Å². The van der Waals surface area contributed by atoms with Crippen molar-refractivity contribution >= 4 is 51.9 Å². The highest BCUT2D eigenvalue weighted by molar-refractivity contribution is 8.18. The first kappa shape index (κ1) is 31.0. The van der Waals surface area contributed by atoms with E-state index in [0.717, 1.165) is 59.9 Å². The van der Waals surface area contributed by atoms with Crippen molar-refractivity contribution < 1.29 is 9.59 Å². The zero-order chi connectivity index (χ0) is 31.8. The number of fused-ring (bicyclic) bond motifs is 1. The molecule has 238 valence electrons. The Bertz CT molecular complexity index is 1620. The predicted octanol–water partition coefficient (Wildman–Crippen LogP) is 6.28. The van der Waals surface area contributed by atoms with E-state index in [9.17, 15) is 9.59 Å². The number of carbonyl (C=O) groups is 2. The lowest BCUT2D eigenvalue weighted by molar-refractivity contribution is -0.144. The van der Waals surface area contributed by atoms with Crippen LogP contribution in [0.5, 0.6) is 0 Å². The van der Waals surface area contributed by atoms with Crippen LogP contribution < -0.4 is 5.32 Å². The highest BCUT2D eigenvalue weighted by Gasteiger charge is 2.55. The van der Waals surface area contributed by atoms with Crippen molar-refractivity contribution in [2.24, 2.45) is 10.9 Å². The molecule has 8 nitrogen and oxygen atoms in total. The molecule has 4 atom stereocenters. The normalized spacial score (nSPS) is 28.8. The van der Waals surface area contributed by atoms with E-state index in [2.05, 4.69) is 55.9 Å². The van der Waals surface area contributed by atoms with Gasteiger partial charge in [0.2, 0.25) is 5.91 Å². The zero-order valence-electron chi connectivity index (χ0n) is 26.4. The Kier molecular flexibility index (Phi) is 7.78. The third-order valence-corrected chi connectivity index (χ3v) is 11.8. The quantitative estimate of drug-likeness (QED) is 0.378. The van der Waals surface area contributed by atoms with Gasteiger partial charge in [0.1, 0.15) is 21.6 Å². The van der Waals surface area contributed by atoms with E-state index < -0.39 is 11.6 Å². The van der Waals surface area contributed by atoms with E-state index in [1.165, 1.54) is 11.8 Å². The van der Waals surface area contributed by atoms with Gasteiger partial charge in [0.25, 0.3) is 5.91 Å². The molecule has 5 heterocycles. The van der Waals surface area contributed by atoms with Crippen LogP contribution in [0.25, 0.3) is 0 Å². The maximum absolute atomic E-state index is 14.7. The largest absolute Gasteiger partial charge is 0.338 e. The molecule has 0 radical (unpaired) electrons. The highest BCUT2D eigenvalue weighted by Crippen LogP contribution is 2.57. The van der Waals surface area contributed by atoms with Crippen LogP contribution in [0.1, 0.15) is 76.1 Å². The number of hydrogen-bond acceptors (Lipinski definition) is 7. The number of nitrogens with one attached hydrogen (secondary N) is 1. The molecule has 2 aromatic rings. The maximum Gasteiger partial charge on any atom is 0.263 e. The number of amidine groups is 1. The number of carbonyl (C=O) groups excluding carboxylic acids is 2. The number of nitrogens with zero attached hydrogens (tertiary/aromatic N) is 5. The van der Waals surface area contributed by atoms with E-state index in [-0.39, 0.29) is 35.4 Å². The Morgan fingerprint density at radius 2 is 1.91 bits per heavy atom. The summed E-state index contributed by atoms with van der Waals surface area (Å²) in [6, 6.07) is 9.04. The number of allylic oxidation sites excluding steroid dienone is 1. The van der Waals surface area contributed by atoms with Gasteiger partial charge in [0, 0.05) is 53.7 Å². The molecule has 7 rings (SSSR count). The fraction of sp³-hybridized carbons (Fsp3) is 0.529. The van der Waals surface area contributed by atoms with Crippen molar-refractivity contribution in [3.8, 4) is 0 Å². The SMILES string of the molecule is Cc1cc(Cl)ccc1[C@H]1N2C(=N[C@@]1(C)c1ccc(Cl)nc1)SC(C(=O)N1[C@H](C)CC[C@H]1C(=O)N1CCNC3(CC3)C1)=C2C(C)C. The smallest absolute Gasteiger partial charge is 0.263 e. The third-order valence-electron chi connectivity index (χ3n) is 10.3. The molecule has 45 heavy (non-hydrogen) atoms. The second kappa shape index (κ2) is 11.3. The van der Waals surface area contributed by atoms with Crippen LogP contribution >= 0.6 is 35.0 Å². The minimum atomic E-state index is -0.701. The number of hydrogen-bond donors (Lipinski definition) is 1. The molecule has 11 heteroatoms. The molecule has 1 N–H and O–H groups in total. The molecule has 1 spiro atoms.